The Balaban J connectivity index is 1.90. The van der Waals surface area contributed by atoms with Crippen molar-refractivity contribution in [3.05, 3.63) is 57.8 Å². The molecule has 0 amide bonds. The second-order valence-corrected chi connectivity index (χ2v) is 5.55. The minimum atomic E-state index is -0.417. The topological polar surface area (TPSA) is 77.3 Å². The maximum atomic E-state index is 10.8. The molecule has 0 aliphatic rings. The largest absolute Gasteiger partial charge is 0.497 e. The molecule has 0 radical (unpaired) electrons. The molecule has 0 aliphatic heterocycles. The van der Waals surface area contributed by atoms with Crippen molar-refractivity contribution in [2.24, 2.45) is 0 Å². The summed E-state index contributed by atoms with van der Waals surface area (Å²) < 4.78 is 5.14. The van der Waals surface area contributed by atoms with Crippen molar-refractivity contribution < 1.29 is 9.66 Å². The van der Waals surface area contributed by atoms with Gasteiger partial charge in [-0.25, -0.2) is 4.98 Å². The van der Waals surface area contributed by atoms with Crippen LogP contribution in [0.3, 0.4) is 0 Å². The molecule has 6 heteroatoms. The van der Waals surface area contributed by atoms with Crippen molar-refractivity contribution in [1.29, 1.82) is 0 Å². The smallest absolute Gasteiger partial charge is 0.290 e. The van der Waals surface area contributed by atoms with E-state index >= 15 is 0 Å². The zero-order valence-electron chi connectivity index (χ0n) is 13.6. The molecule has 1 heterocycles. The van der Waals surface area contributed by atoms with Gasteiger partial charge in [0.2, 0.25) is 0 Å². The highest BCUT2D eigenvalue weighted by Crippen LogP contribution is 2.20. The van der Waals surface area contributed by atoms with Gasteiger partial charge in [0.25, 0.3) is 5.69 Å². The number of rotatable bonds is 7. The third-order valence-electron chi connectivity index (χ3n) is 3.70. The molecule has 0 saturated carbocycles. The van der Waals surface area contributed by atoms with Gasteiger partial charge >= 0.3 is 0 Å². The van der Waals surface area contributed by atoms with Crippen LogP contribution in [0.4, 0.5) is 11.5 Å². The van der Waals surface area contributed by atoms with E-state index in [9.17, 15) is 10.1 Å². The molecule has 1 atom stereocenters. The van der Waals surface area contributed by atoms with Gasteiger partial charge in [-0.2, -0.15) is 0 Å². The van der Waals surface area contributed by atoms with Gasteiger partial charge in [-0.3, -0.25) is 10.1 Å². The number of hydrogen-bond donors (Lipinski definition) is 1. The number of methoxy groups -OCH3 is 1. The number of ether oxygens (including phenoxy) is 1. The quantitative estimate of drug-likeness (QED) is 0.622. The molecule has 0 spiro atoms. The van der Waals surface area contributed by atoms with E-state index in [0.29, 0.717) is 11.4 Å². The van der Waals surface area contributed by atoms with Crippen molar-refractivity contribution in [1.82, 2.24) is 4.98 Å². The zero-order valence-corrected chi connectivity index (χ0v) is 13.6. The van der Waals surface area contributed by atoms with Crippen molar-refractivity contribution in [2.75, 3.05) is 12.4 Å². The van der Waals surface area contributed by atoms with Crippen molar-refractivity contribution in [3.8, 4) is 5.75 Å². The maximum Gasteiger partial charge on any atom is 0.290 e. The Hall–Kier alpha value is -2.63. The van der Waals surface area contributed by atoms with E-state index in [2.05, 4.69) is 29.4 Å². The molecule has 1 N–H and O–H groups in total. The van der Waals surface area contributed by atoms with Gasteiger partial charge in [-0.1, -0.05) is 12.1 Å². The Bertz CT molecular complexity index is 671. The summed E-state index contributed by atoms with van der Waals surface area (Å²) in [6, 6.07) is 9.94. The Labute approximate surface area is 135 Å². The van der Waals surface area contributed by atoms with Crippen LogP contribution in [0.5, 0.6) is 5.75 Å². The van der Waals surface area contributed by atoms with Crippen LogP contribution in [0.1, 0.15) is 24.5 Å². The maximum absolute atomic E-state index is 10.8. The summed E-state index contributed by atoms with van der Waals surface area (Å²) in [7, 11) is 1.65. The minimum Gasteiger partial charge on any atom is -0.497 e. The lowest BCUT2D eigenvalue weighted by molar-refractivity contribution is -0.385. The van der Waals surface area contributed by atoms with Crippen molar-refractivity contribution in [3.63, 3.8) is 0 Å². The first-order chi connectivity index (χ1) is 11.0. The Morgan fingerprint density at radius 2 is 2.04 bits per heavy atom. The fourth-order valence-corrected chi connectivity index (χ4v) is 2.32. The van der Waals surface area contributed by atoms with Crippen molar-refractivity contribution in [2.45, 2.75) is 32.7 Å². The van der Waals surface area contributed by atoms with Gasteiger partial charge in [0.05, 0.1) is 12.0 Å². The fourth-order valence-electron chi connectivity index (χ4n) is 2.32. The molecule has 0 saturated heterocycles. The first-order valence-corrected chi connectivity index (χ1v) is 7.50. The fraction of sp³-hybridized carbons (Fsp3) is 0.353. The first-order valence-electron chi connectivity index (χ1n) is 7.50. The molecule has 0 aliphatic carbocycles. The summed E-state index contributed by atoms with van der Waals surface area (Å²) in [5, 5.41) is 14.1. The van der Waals surface area contributed by atoms with Crippen LogP contribution in [-0.4, -0.2) is 23.1 Å². The average Bonchev–Trinajstić information content (AvgIpc) is 2.53. The lowest BCUT2D eigenvalue weighted by atomic mass is 10.1. The van der Waals surface area contributed by atoms with E-state index in [1.54, 1.807) is 20.1 Å². The van der Waals surface area contributed by atoms with E-state index < -0.39 is 4.92 Å². The molecule has 0 fully saturated rings. The highest BCUT2D eigenvalue weighted by atomic mass is 16.6. The molecule has 122 valence electrons. The molecule has 1 unspecified atom stereocenters. The molecule has 2 aromatic rings. The van der Waals surface area contributed by atoms with Gasteiger partial charge < -0.3 is 10.1 Å². The van der Waals surface area contributed by atoms with Gasteiger partial charge in [0, 0.05) is 11.6 Å². The summed E-state index contributed by atoms with van der Waals surface area (Å²) in [6.07, 6.45) is 3.17. The van der Waals surface area contributed by atoms with Gasteiger partial charge in [-0.05, 0) is 50.5 Å². The second-order valence-electron chi connectivity index (χ2n) is 5.55. The van der Waals surface area contributed by atoms with Gasteiger partial charge in [-0.15, -0.1) is 0 Å². The number of nitrogens with one attached hydrogen (secondary N) is 1. The van der Waals surface area contributed by atoms with Crippen LogP contribution < -0.4 is 10.1 Å². The molecule has 1 aromatic heterocycles. The summed E-state index contributed by atoms with van der Waals surface area (Å²) in [5.74, 6) is 1.51. The molecular weight excluding hydrogens is 294 g/mol. The predicted molar refractivity (Wildman–Crippen MR) is 90.0 cm³/mol. The highest BCUT2D eigenvalue weighted by Gasteiger charge is 2.12. The monoisotopic (exact) mass is 315 g/mol. The molecule has 23 heavy (non-hydrogen) atoms. The molecule has 2 rings (SSSR count). The van der Waals surface area contributed by atoms with E-state index in [4.69, 9.17) is 4.74 Å². The number of anilines is 1. The summed E-state index contributed by atoms with van der Waals surface area (Å²) >= 11 is 0. The number of hydrogen-bond acceptors (Lipinski definition) is 5. The number of aromatic nitrogens is 1. The summed E-state index contributed by atoms with van der Waals surface area (Å²) in [4.78, 5) is 14.5. The zero-order chi connectivity index (χ0) is 16.8. The molecule has 0 bridgehead atoms. The summed E-state index contributed by atoms with van der Waals surface area (Å²) in [6.45, 7) is 3.79. The first kappa shape index (κ1) is 16.7. The normalized spacial score (nSPS) is 11.8. The number of benzene rings is 1. The lowest BCUT2D eigenvalue weighted by Gasteiger charge is -2.15. The number of pyridine rings is 1. The average molecular weight is 315 g/mol. The van der Waals surface area contributed by atoms with Crippen LogP contribution in [-0.2, 0) is 6.42 Å². The highest BCUT2D eigenvalue weighted by molar-refractivity contribution is 5.47. The van der Waals surface area contributed by atoms with Gasteiger partial charge in [0.1, 0.15) is 17.8 Å². The van der Waals surface area contributed by atoms with Crippen LogP contribution in [0, 0.1) is 17.0 Å². The number of aryl methyl sites for hydroxylation is 2. The van der Waals surface area contributed by atoms with Crippen LogP contribution in [0.25, 0.3) is 0 Å². The van der Waals surface area contributed by atoms with E-state index in [1.807, 2.05) is 12.1 Å². The summed E-state index contributed by atoms with van der Waals surface area (Å²) in [5.41, 5.74) is 1.89. The lowest BCUT2D eigenvalue weighted by Crippen LogP contribution is -2.17. The second kappa shape index (κ2) is 7.58. The Kier molecular flexibility index (Phi) is 5.51. The third-order valence-corrected chi connectivity index (χ3v) is 3.70. The molecular formula is C17H21N3O3. The van der Waals surface area contributed by atoms with Crippen LogP contribution >= 0.6 is 0 Å². The van der Waals surface area contributed by atoms with E-state index in [-0.39, 0.29) is 11.7 Å². The molecule has 6 nitrogen and oxygen atoms in total. The van der Waals surface area contributed by atoms with Crippen LogP contribution in [0.15, 0.2) is 36.5 Å². The minimum absolute atomic E-state index is 0.0430. The van der Waals surface area contributed by atoms with Crippen LogP contribution in [0.2, 0.25) is 0 Å². The molecule has 1 aromatic carbocycles. The number of nitrogens with zero attached hydrogens (tertiary/aromatic N) is 2. The Morgan fingerprint density at radius 1 is 1.35 bits per heavy atom. The SMILES string of the molecule is COc1ccc(CCC(C)Nc2cc(C)c([N+](=O)[O-])cn2)cc1. The standard InChI is InChI=1S/C17H21N3O3/c1-12-10-17(18-11-16(12)20(21)22)19-13(2)4-5-14-6-8-15(23-3)9-7-14/h6-11,13H,4-5H2,1-3H3,(H,18,19). The predicted octanol–water partition coefficient (Wildman–Crippen LogP) is 3.74. The number of nitro groups is 1. The Morgan fingerprint density at radius 3 is 2.61 bits per heavy atom. The van der Waals surface area contributed by atoms with E-state index in [1.165, 1.54) is 11.8 Å². The van der Waals surface area contributed by atoms with E-state index in [0.717, 1.165) is 18.6 Å². The third kappa shape index (κ3) is 4.67. The van der Waals surface area contributed by atoms with Gasteiger partial charge in [0.15, 0.2) is 0 Å². The van der Waals surface area contributed by atoms with Crippen molar-refractivity contribution >= 4 is 11.5 Å².